The summed E-state index contributed by atoms with van der Waals surface area (Å²) in [5, 5.41) is 0. The zero-order chi connectivity index (χ0) is 21.0. The minimum absolute atomic E-state index is 0. The van der Waals surface area contributed by atoms with E-state index in [1.807, 2.05) is 55.4 Å². The summed E-state index contributed by atoms with van der Waals surface area (Å²) < 4.78 is 20.4. The van der Waals surface area contributed by atoms with Crippen molar-refractivity contribution in [2.24, 2.45) is 0 Å². The fraction of sp³-hybridized carbons (Fsp3) is 1.00. The Bertz CT molecular complexity index is 387. The van der Waals surface area contributed by atoms with E-state index < -0.39 is 13.4 Å². The van der Waals surface area contributed by atoms with Crippen molar-refractivity contribution in [3.63, 3.8) is 0 Å². The van der Waals surface area contributed by atoms with Crippen LogP contribution in [0.15, 0.2) is 0 Å². The average molecular weight is 516 g/mol. The molecule has 0 saturated carbocycles. The Labute approximate surface area is 189 Å². The molecule has 0 aromatic heterocycles. The Kier molecular flexibility index (Phi) is 21.4. The van der Waals surface area contributed by atoms with Crippen molar-refractivity contribution in [2.75, 3.05) is 0 Å². The van der Waals surface area contributed by atoms with E-state index in [9.17, 15) is 9.79 Å². The molecule has 0 amide bonds. The Morgan fingerprint density at radius 1 is 0.593 bits per heavy atom. The summed E-state index contributed by atoms with van der Waals surface area (Å²) in [7, 11) is 0. The molecule has 0 saturated heterocycles. The summed E-state index contributed by atoms with van der Waals surface area (Å²) in [6.07, 6.45) is 2.71. The van der Waals surface area contributed by atoms with Gasteiger partial charge in [0.05, 0.1) is 24.4 Å². The maximum Gasteiger partial charge on any atom is 2.00 e. The molecule has 0 rings (SSSR count). The van der Waals surface area contributed by atoms with Gasteiger partial charge in [-0.3, -0.25) is 0 Å². The summed E-state index contributed by atoms with van der Waals surface area (Å²) >= 11 is 9.48. The van der Waals surface area contributed by atoms with E-state index >= 15 is 0 Å². The van der Waals surface area contributed by atoms with Crippen LogP contribution in [0.3, 0.4) is 0 Å². The van der Waals surface area contributed by atoms with Crippen LogP contribution in [0.5, 0.6) is 0 Å². The van der Waals surface area contributed by atoms with Crippen LogP contribution in [-0.4, -0.2) is 24.4 Å². The van der Waals surface area contributed by atoms with Crippen molar-refractivity contribution in [2.45, 2.75) is 105 Å². The van der Waals surface area contributed by atoms with Crippen LogP contribution in [-0.2, 0) is 61.2 Å². The van der Waals surface area contributed by atoms with Gasteiger partial charge < -0.3 is 27.9 Å². The summed E-state index contributed by atoms with van der Waals surface area (Å²) in [5.41, 5.74) is 0. The standard InChI is InChI=1S/2C8H19O3PS.Zn/c2*1-5-7(3)10-12(9,13)11-8(4)6-2;/h2*7-8H,5-6H2,1-4H3,(H,9,13);/q;;+2/p-2. The summed E-state index contributed by atoms with van der Waals surface area (Å²) in [6, 6.07) is 0. The molecular formula is C16H36O6P2S2Zn. The molecule has 0 aliphatic heterocycles. The summed E-state index contributed by atoms with van der Waals surface area (Å²) in [5.74, 6) is 0. The SMILES string of the molecule is CCC(C)OP([O-])(=S)OC(C)CC.CCC(C)OP([O-])(=S)OC(C)CC.[Zn+2]. The van der Waals surface area contributed by atoms with Crippen LogP contribution < -0.4 is 9.79 Å². The van der Waals surface area contributed by atoms with Crippen LogP contribution >= 0.6 is 13.4 Å². The minimum atomic E-state index is -3.25. The van der Waals surface area contributed by atoms with Crippen LogP contribution in [0.25, 0.3) is 0 Å². The van der Waals surface area contributed by atoms with Crippen molar-refractivity contribution >= 4 is 37.1 Å². The molecule has 0 heterocycles. The van der Waals surface area contributed by atoms with E-state index in [1.165, 1.54) is 0 Å². The van der Waals surface area contributed by atoms with Crippen LogP contribution in [0.4, 0.5) is 0 Å². The maximum atomic E-state index is 11.5. The smallest absolute Gasteiger partial charge is 0.780 e. The van der Waals surface area contributed by atoms with Gasteiger partial charge in [-0.15, -0.1) is 0 Å². The van der Waals surface area contributed by atoms with Crippen LogP contribution in [0.2, 0.25) is 0 Å². The zero-order valence-electron chi connectivity index (χ0n) is 18.0. The molecule has 6 nitrogen and oxygen atoms in total. The monoisotopic (exact) mass is 514 g/mol. The first-order valence-electron chi connectivity index (χ1n) is 9.17. The average Bonchev–Trinajstić information content (AvgIpc) is 2.52. The topological polar surface area (TPSA) is 83.0 Å². The van der Waals surface area contributed by atoms with Gasteiger partial charge in [0.15, 0.2) is 0 Å². The Balaban J connectivity index is -0.000000411. The predicted octanol–water partition coefficient (Wildman–Crippen LogP) is 4.40. The number of hydrogen-bond acceptors (Lipinski definition) is 8. The third-order valence-electron chi connectivity index (χ3n) is 3.54. The van der Waals surface area contributed by atoms with Gasteiger partial charge in [-0.1, -0.05) is 51.3 Å². The van der Waals surface area contributed by atoms with Crippen LogP contribution in [0, 0.1) is 0 Å². The first-order valence-corrected chi connectivity index (χ1v) is 14.3. The molecule has 0 fully saturated rings. The fourth-order valence-electron chi connectivity index (χ4n) is 1.23. The second-order valence-electron chi connectivity index (χ2n) is 6.19. The van der Waals surface area contributed by atoms with E-state index in [0.29, 0.717) is 0 Å². The molecule has 11 heteroatoms. The molecule has 0 bridgehead atoms. The van der Waals surface area contributed by atoms with Gasteiger partial charge in [0.25, 0.3) is 0 Å². The first-order chi connectivity index (χ1) is 11.8. The van der Waals surface area contributed by atoms with Crippen molar-refractivity contribution in [3.8, 4) is 0 Å². The molecule has 0 aromatic rings. The van der Waals surface area contributed by atoms with E-state index in [2.05, 4.69) is 0 Å². The Morgan fingerprint density at radius 3 is 0.852 bits per heavy atom. The minimum Gasteiger partial charge on any atom is -0.780 e. The molecular weight excluding hydrogens is 480 g/mol. The third kappa shape index (κ3) is 20.7. The van der Waals surface area contributed by atoms with Crippen molar-refractivity contribution < 1.29 is 47.4 Å². The molecule has 0 aliphatic carbocycles. The molecule has 0 radical (unpaired) electrons. The van der Waals surface area contributed by atoms with E-state index in [-0.39, 0.29) is 43.9 Å². The number of hydrogen-bond donors (Lipinski definition) is 0. The largest absolute Gasteiger partial charge is 2.00 e. The second kappa shape index (κ2) is 17.4. The van der Waals surface area contributed by atoms with E-state index in [1.54, 1.807) is 0 Å². The van der Waals surface area contributed by atoms with Gasteiger partial charge in [0, 0.05) is 0 Å². The molecule has 0 aliphatic rings. The molecule has 27 heavy (non-hydrogen) atoms. The summed E-state index contributed by atoms with van der Waals surface area (Å²) in [4.78, 5) is 23.0. The van der Waals surface area contributed by atoms with Gasteiger partial charge in [0.2, 0.25) is 0 Å². The quantitative estimate of drug-likeness (QED) is 0.279. The molecule has 0 aromatic carbocycles. The zero-order valence-corrected chi connectivity index (χ0v) is 24.4. The third-order valence-corrected chi connectivity index (χ3v) is 7.04. The molecule has 4 atom stereocenters. The van der Waals surface area contributed by atoms with E-state index in [0.717, 1.165) is 25.7 Å². The molecule has 160 valence electrons. The van der Waals surface area contributed by atoms with Gasteiger partial charge in [-0.05, 0) is 53.4 Å². The van der Waals surface area contributed by atoms with Crippen LogP contribution in [0.1, 0.15) is 81.1 Å². The van der Waals surface area contributed by atoms with Gasteiger partial charge >= 0.3 is 19.5 Å². The predicted molar refractivity (Wildman–Crippen MR) is 112 cm³/mol. The van der Waals surface area contributed by atoms with Gasteiger partial charge in [-0.25, -0.2) is 0 Å². The molecule has 4 unspecified atom stereocenters. The summed E-state index contributed by atoms with van der Waals surface area (Å²) in [6.45, 7) is 8.61. The molecule has 0 N–H and O–H groups in total. The van der Waals surface area contributed by atoms with Crippen molar-refractivity contribution in [3.05, 3.63) is 0 Å². The second-order valence-corrected chi connectivity index (χ2v) is 11.5. The maximum absolute atomic E-state index is 11.5. The van der Waals surface area contributed by atoms with Gasteiger partial charge in [0.1, 0.15) is 13.4 Å². The Hall–Kier alpha value is 1.68. The fourth-order valence-corrected chi connectivity index (χ4v) is 5.45. The van der Waals surface area contributed by atoms with Crippen molar-refractivity contribution in [1.82, 2.24) is 0 Å². The first kappa shape index (κ1) is 33.3. The van der Waals surface area contributed by atoms with Gasteiger partial charge in [-0.2, -0.15) is 0 Å². The van der Waals surface area contributed by atoms with E-state index in [4.69, 9.17) is 41.7 Å². The van der Waals surface area contributed by atoms with Crippen molar-refractivity contribution in [1.29, 1.82) is 0 Å². The number of rotatable bonds is 12. The Morgan fingerprint density at radius 2 is 0.741 bits per heavy atom. The normalized spacial score (nSPS) is 19.9. The molecule has 0 spiro atoms.